The highest BCUT2D eigenvalue weighted by molar-refractivity contribution is 6.30. The summed E-state index contributed by atoms with van der Waals surface area (Å²) in [7, 11) is 0. The highest BCUT2D eigenvalue weighted by Gasteiger charge is 2.09. The van der Waals surface area contributed by atoms with Crippen molar-refractivity contribution in [1.82, 2.24) is 0 Å². The van der Waals surface area contributed by atoms with Crippen LogP contribution >= 0.6 is 11.6 Å². The first kappa shape index (κ1) is 14.3. The molecule has 20 heavy (non-hydrogen) atoms. The molecular formula is C15H14ClFN2O. The van der Waals surface area contributed by atoms with Gasteiger partial charge in [-0.25, -0.2) is 4.39 Å². The smallest absolute Gasteiger partial charge is 0.124 e. The summed E-state index contributed by atoms with van der Waals surface area (Å²) in [5.41, 5.74) is 7.38. The van der Waals surface area contributed by atoms with Gasteiger partial charge >= 0.3 is 0 Å². The topological polar surface area (TPSA) is 59.1 Å². The molecular weight excluding hydrogens is 279 g/mol. The number of halogens is 2. The summed E-state index contributed by atoms with van der Waals surface area (Å²) in [6, 6.07) is 9.46. The Morgan fingerprint density at radius 3 is 2.75 bits per heavy atom. The summed E-state index contributed by atoms with van der Waals surface area (Å²) in [4.78, 5) is 0. The van der Waals surface area contributed by atoms with Gasteiger partial charge in [0.1, 0.15) is 24.0 Å². The molecule has 0 bridgehead atoms. The van der Waals surface area contributed by atoms with Crippen molar-refractivity contribution < 1.29 is 9.13 Å². The second kappa shape index (κ2) is 5.92. The van der Waals surface area contributed by atoms with E-state index in [0.717, 1.165) is 5.56 Å². The molecule has 0 aliphatic carbocycles. The molecule has 2 rings (SSSR count). The molecule has 0 heterocycles. The molecule has 3 N–H and O–H groups in total. The number of nitrogens with one attached hydrogen (secondary N) is 1. The molecule has 2 aromatic rings. The van der Waals surface area contributed by atoms with Gasteiger partial charge < -0.3 is 10.5 Å². The van der Waals surface area contributed by atoms with E-state index >= 15 is 0 Å². The Hall–Kier alpha value is -2.07. The Kier molecular flexibility index (Phi) is 4.25. The van der Waals surface area contributed by atoms with Crippen LogP contribution in [0.5, 0.6) is 5.75 Å². The van der Waals surface area contributed by atoms with Crippen LogP contribution in [0.15, 0.2) is 36.4 Å². The van der Waals surface area contributed by atoms with Crippen molar-refractivity contribution in [3.05, 3.63) is 63.9 Å². The summed E-state index contributed by atoms with van der Waals surface area (Å²) in [5.74, 6) is 0.0279. The van der Waals surface area contributed by atoms with Crippen LogP contribution in [-0.4, -0.2) is 5.84 Å². The van der Waals surface area contributed by atoms with Gasteiger partial charge in [-0.1, -0.05) is 23.7 Å². The van der Waals surface area contributed by atoms with E-state index in [0.29, 0.717) is 21.9 Å². The lowest BCUT2D eigenvalue weighted by molar-refractivity contribution is 0.303. The van der Waals surface area contributed by atoms with E-state index in [-0.39, 0.29) is 12.4 Å². The van der Waals surface area contributed by atoms with E-state index < -0.39 is 5.82 Å². The SMILES string of the molecule is Cc1ccc(Cl)cc1OCc1ccc(F)cc1C(=N)N. The number of amidine groups is 1. The molecule has 0 fully saturated rings. The van der Waals surface area contributed by atoms with Crippen LogP contribution in [-0.2, 0) is 6.61 Å². The number of nitrogens with two attached hydrogens (primary N) is 1. The quantitative estimate of drug-likeness (QED) is 0.667. The molecule has 3 nitrogen and oxygen atoms in total. The first-order valence-corrected chi connectivity index (χ1v) is 6.37. The maximum absolute atomic E-state index is 13.2. The second-order valence-corrected chi connectivity index (χ2v) is 4.85. The van der Waals surface area contributed by atoms with Crippen molar-refractivity contribution in [3.8, 4) is 5.75 Å². The van der Waals surface area contributed by atoms with E-state index in [9.17, 15) is 4.39 Å². The molecule has 2 aromatic carbocycles. The molecule has 0 saturated carbocycles. The van der Waals surface area contributed by atoms with E-state index in [1.165, 1.54) is 12.1 Å². The monoisotopic (exact) mass is 292 g/mol. The Morgan fingerprint density at radius 1 is 1.30 bits per heavy atom. The van der Waals surface area contributed by atoms with Gasteiger partial charge in [-0.3, -0.25) is 5.41 Å². The normalized spacial score (nSPS) is 10.3. The molecule has 0 radical (unpaired) electrons. The summed E-state index contributed by atoms with van der Waals surface area (Å²) in [6.45, 7) is 2.10. The van der Waals surface area contributed by atoms with Gasteiger partial charge in [-0.05, 0) is 36.8 Å². The first-order chi connectivity index (χ1) is 9.47. The molecule has 0 aliphatic rings. The molecule has 0 atom stereocenters. The van der Waals surface area contributed by atoms with E-state index in [2.05, 4.69) is 0 Å². The minimum atomic E-state index is -0.433. The van der Waals surface area contributed by atoms with E-state index in [4.69, 9.17) is 27.5 Å². The predicted octanol–water partition coefficient (Wildman–Crippen LogP) is 3.65. The van der Waals surface area contributed by atoms with Crippen LogP contribution in [0.25, 0.3) is 0 Å². The Bertz CT molecular complexity index is 658. The van der Waals surface area contributed by atoms with Crippen molar-refractivity contribution in [2.24, 2.45) is 5.73 Å². The van der Waals surface area contributed by atoms with Gasteiger partial charge in [0.15, 0.2) is 0 Å². The van der Waals surface area contributed by atoms with Gasteiger partial charge in [0.05, 0.1) is 0 Å². The minimum Gasteiger partial charge on any atom is -0.489 e. The van der Waals surface area contributed by atoms with E-state index in [1.54, 1.807) is 18.2 Å². The second-order valence-electron chi connectivity index (χ2n) is 4.41. The zero-order valence-corrected chi connectivity index (χ0v) is 11.7. The van der Waals surface area contributed by atoms with Crippen LogP contribution in [0.2, 0.25) is 5.02 Å². The third kappa shape index (κ3) is 3.27. The first-order valence-electron chi connectivity index (χ1n) is 5.99. The van der Waals surface area contributed by atoms with Crippen molar-refractivity contribution in [2.45, 2.75) is 13.5 Å². The third-order valence-corrected chi connectivity index (χ3v) is 3.13. The van der Waals surface area contributed by atoms with Crippen LogP contribution < -0.4 is 10.5 Å². The van der Waals surface area contributed by atoms with Gasteiger partial charge in [0, 0.05) is 16.1 Å². The molecule has 5 heteroatoms. The van der Waals surface area contributed by atoms with Crippen LogP contribution in [0.4, 0.5) is 4.39 Å². The standard InChI is InChI=1S/C15H14ClFN2O/c1-9-2-4-11(16)6-14(9)20-8-10-3-5-12(17)7-13(10)15(18)19/h2-7H,8H2,1H3,(H3,18,19). The lowest BCUT2D eigenvalue weighted by Crippen LogP contribution is -2.15. The largest absolute Gasteiger partial charge is 0.489 e. The zero-order chi connectivity index (χ0) is 14.7. The van der Waals surface area contributed by atoms with Gasteiger partial charge in [0.2, 0.25) is 0 Å². The number of hydrogen-bond donors (Lipinski definition) is 2. The zero-order valence-electron chi connectivity index (χ0n) is 10.9. The van der Waals surface area contributed by atoms with Crippen LogP contribution in [0, 0.1) is 18.2 Å². The maximum atomic E-state index is 13.2. The molecule has 0 unspecified atom stereocenters. The van der Waals surface area contributed by atoms with Crippen molar-refractivity contribution >= 4 is 17.4 Å². The average Bonchev–Trinajstić information content (AvgIpc) is 2.40. The van der Waals surface area contributed by atoms with Crippen molar-refractivity contribution in [3.63, 3.8) is 0 Å². The fraction of sp³-hybridized carbons (Fsp3) is 0.133. The van der Waals surface area contributed by atoms with Gasteiger partial charge in [0.25, 0.3) is 0 Å². The highest BCUT2D eigenvalue weighted by Crippen LogP contribution is 2.24. The number of hydrogen-bond acceptors (Lipinski definition) is 2. The Balaban J connectivity index is 2.23. The fourth-order valence-electron chi connectivity index (χ4n) is 1.81. The molecule has 0 spiro atoms. The lowest BCUT2D eigenvalue weighted by atomic mass is 10.1. The molecule has 0 aliphatic heterocycles. The summed E-state index contributed by atoms with van der Waals surface area (Å²) >= 11 is 5.92. The summed E-state index contributed by atoms with van der Waals surface area (Å²) in [5, 5.41) is 8.05. The number of nitrogen functional groups attached to an aromatic ring is 1. The van der Waals surface area contributed by atoms with Crippen molar-refractivity contribution in [1.29, 1.82) is 5.41 Å². The van der Waals surface area contributed by atoms with Crippen molar-refractivity contribution in [2.75, 3.05) is 0 Å². The predicted molar refractivity (Wildman–Crippen MR) is 77.9 cm³/mol. The van der Waals surface area contributed by atoms with Crippen LogP contribution in [0.3, 0.4) is 0 Å². The van der Waals surface area contributed by atoms with Gasteiger partial charge in [-0.2, -0.15) is 0 Å². The van der Waals surface area contributed by atoms with Crippen LogP contribution in [0.1, 0.15) is 16.7 Å². The summed E-state index contributed by atoms with van der Waals surface area (Å²) in [6.07, 6.45) is 0. The lowest BCUT2D eigenvalue weighted by Gasteiger charge is -2.12. The number of aryl methyl sites for hydroxylation is 1. The molecule has 0 aromatic heterocycles. The number of rotatable bonds is 4. The van der Waals surface area contributed by atoms with E-state index in [1.807, 2.05) is 13.0 Å². The molecule has 0 amide bonds. The highest BCUT2D eigenvalue weighted by atomic mass is 35.5. The number of benzene rings is 2. The fourth-order valence-corrected chi connectivity index (χ4v) is 1.97. The Morgan fingerprint density at radius 2 is 2.05 bits per heavy atom. The minimum absolute atomic E-state index is 0.189. The average molecular weight is 293 g/mol. The van der Waals surface area contributed by atoms with Gasteiger partial charge in [-0.15, -0.1) is 0 Å². The number of ether oxygens (including phenoxy) is 1. The Labute approximate surface area is 121 Å². The molecule has 104 valence electrons. The summed E-state index contributed by atoms with van der Waals surface area (Å²) < 4.78 is 18.9. The maximum Gasteiger partial charge on any atom is 0.124 e. The third-order valence-electron chi connectivity index (χ3n) is 2.90. The molecule has 0 saturated heterocycles.